The first-order chi connectivity index (χ1) is 9.45. The number of amides is 1. The van der Waals surface area contributed by atoms with Crippen LogP contribution in [0.3, 0.4) is 0 Å². The van der Waals surface area contributed by atoms with Crippen molar-refractivity contribution in [2.24, 2.45) is 5.73 Å². The van der Waals surface area contributed by atoms with Gasteiger partial charge in [-0.2, -0.15) is 0 Å². The molecule has 1 amide bonds. The van der Waals surface area contributed by atoms with Crippen LogP contribution in [0.5, 0.6) is 5.75 Å². The summed E-state index contributed by atoms with van der Waals surface area (Å²) in [5.41, 5.74) is 11.5. The van der Waals surface area contributed by atoms with Crippen molar-refractivity contribution in [3.63, 3.8) is 0 Å². The molecule has 0 saturated heterocycles. The highest BCUT2D eigenvalue weighted by atomic mass is 19.1. The van der Waals surface area contributed by atoms with Crippen LogP contribution in [-0.2, 0) is 6.61 Å². The highest BCUT2D eigenvalue weighted by molar-refractivity contribution is 5.96. The lowest BCUT2D eigenvalue weighted by molar-refractivity contribution is 0.0996. The van der Waals surface area contributed by atoms with E-state index in [2.05, 4.69) is 0 Å². The quantitative estimate of drug-likeness (QED) is 0.842. The average Bonchev–Trinajstić information content (AvgIpc) is 2.36. The van der Waals surface area contributed by atoms with Gasteiger partial charge in [0.1, 0.15) is 24.0 Å². The normalized spacial score (nSPS) is 10.3. The number of carbonyl (C=O) groups is 1. The van der Waals surface area contributed by atoms with E-state index in [1.807, 2.05) is 0 Å². The van der Waals surface area contributed by atoms with Crippen molar-refractivity contribution in [3.8, 4) is 5.75 Å². The van der Waals surface area contributed by atoms with Crippen LogP contribution in [0, 0.1) is 11.6 Å². The zero-order valence-corrected chi connectivity index (χ0v) is 10.4. The minimum atomic E-state index is -0.698. The second-order valence-corrected chi connectivity index (χ2v) is 4.19. The van der Waals surface area contributed by atoms with Crippen LogP contribution < -0.4 is 16.2 Å². The van der Waals surface area contributed by atoms with Crippen molar-refractivity contribution in [2.45, 2.75) is 6.61 Å². The molecule has 2 rings (SSSR count). The summed E-state index contributed by atoms with van der Waals surface area (Å²) in [6.07, 6.45) is 0. The van der Waals surface area contributed by atoms with E-state index in [0.29, 0.717) is 11.3 Å². The van der Waals surface area contributed by atoms with Crippen LogP contribution in [-0.4, -0.2) is 5.91 Å². The number of rotatable bonds is 4. The highest BCUT2D eigenvalue weighted by Gasteiger charge is 2.10. The number of nitrogen functional groups attached to an aromatic ring is 1. The van der Waals surface area contributed by atoms with Crippen LogP contribution in [0.25, 0.3) is 0 Å². The van der Waals surface area contributed by atoms with Crippen molar-refractivity contribution >= 4 is 11.6 Å². The molecule has 6 heteroatoms. The molecule has 0 bridgehead atoms. The van der Waals surface area contributed by atoms with Crippen LogP contribution in [0.15, 0.2) is 36.4 Å². The minimum absolute atomic E-state index is 0.0983. The number of ether oxygens (including phenoxy) is 1. The van der Waals surface area contributed by atoms with Gasteiger partial charge in [-0.3, -0.25) is 4.79 Å². The summed E-state index contributed by atoms with van der Waals surface area (Å²) in [6, 6.07) is 7.44. The first kappa shape index (κ1) is 13.8. The molecule has 20 heavy (non-hydrogen) atoms. The van der Waals surface area contributed by atoms with Gasteiger partial charge in [-0.05, 0) is 35.9 Å². The molecule has 2 aromatic rings. The number of hydrogen-bond donors (Lipinski definition) is 2. The topological polar surface area (TPSA) is 78.3 Å². The molecule has 0 aliphatic heterocycles. The van der Waals surface area contributed by atoms with Gasteiger partial charge in [0.2, 0.25) is 0 Å². The first-order valence-corrected chi connectivity index (χ1v) is 5.73. The predicted octanol–water partition coefficient (Wildman–Crippen LogP) is 2.22. The molecule has 4 nitrogen and oxygen atoms in total. The maximum Gasteiger partial charge on any atom is 0.252 e. The Balaban J connectivity index is 2.20. The summed E-state index contributed by atoms with van der Waals surface area (Å²) in [6.45, 7) is -0.0983. The molecule has 0 heterocycles. The van der Waals surface area contributed by atoms with E-state index in [0.717, 1.165) is 18.2 Å². The maximum atomic E-state index is 13.0. The van der Waals surface area contributed by atoms with Gasteiger partial charge in [-0.25, -0.2) is 8.78 Å². The monoisotopic (exact) mass is 278 g/mol. The fourth-order valence-electron chi connectivity index (χ4n) is 1.72. The summed E-state index contributed by atoms with van der Waals surface area (Å²) >= 11 is 0. The highest BCUT2D eigenvalue weighted by Crippen LogP contribution is 2.22. The second kappa shape index (κ2) is 5.56. The Morgan fingerprint density at radius 1 is 1.10 bits per heavy atom. The summed E-state index contributed by atoms with van der Waals surface area (Å²) < 4.78 is 31.4. The van der Waals surface area contributed by atoms with Crippen LogP contribution in [0.1, 0.15) is 15.9 Å². The third-order valence-corrected chi connectivity index (χ3v) is 2.59. The van der Waals surface area contributed by atoms with Crippen LogP contribution >= 0.6 is 0 Å². The summed E-state index contributed by atoms with van der Waals surface area (Å²) in [5.74, 6) is -1.89. The van der Waals surface area contributed by atoms with E-state index in [-0.39, 0.29) is 17.9 Å². The molecule has 0 aliphatic carbocycles. The van der Waals surface area contributed by atoms with Crippen molar-refractivity contribution in [1.29, 1.82) is 0 Å². The molecule has 0 aromatic heterocycles. The molecule has 0 atom stereocenters. The lowest BCUT2D eigenvalue weighted by Crippen LogP contribution is -2.13. The zero-order valence-electron chi connectivity index (χ0n) is 10.4. The molecular weight excluding hydrogens is 266 g/mol. The number of hydrogen-bond acceptors (Lipinski definition) is 3. The van der Waals surface area contributed by atoms with E-state index in [1.54, 1.807) is 0 Å². The lowest BCUT2D eigenvalue weighted by atomic mass is 10.1. The Morgan fingerprint density at radius 2 is 1.75 bits per heavy atom. The van der Waals surface area contributed by atoms with Crippen molar-refractivity contribution in [2.75, 3.05) is 5.73 Å². The molecule has 104 valence electrons. The third kappa shape index (κ3) is 3.23. The van der Waals surface area contributed by atoms with Gasteiger partial charge in [0.05, 0.1) is 5.56 Å². The van der Waals surface area contributed by atoms with E-state index < -0.39 is 17.5 Å². The zero-order chi connectivity index (χ0) is 14.7. The van der Waals surface area contributed by atoms with Crippen LogP contribution in [0.2, 0.25) is 0 Å². The number of benzene rings is 2. The number of nitrogens with two attached hydrogens (primary N) is 2. The predicted molar refractivity (Wildman–Crippen MR) is 70.1 cm³/mol. The fraction of sp³-hybridized carbons (Fsp3) is 0.0714. The van der Waals surface area contributed by atoms with Gasteiger partial charge in [0, 0.05) is 11.8 Å². The summed E-state index contributed by atoms with van der Waals surface area (Å²) in [7, 11) is 0. The molecule has 0 unspecified atom stereocenters. The minimum Gasteiger partial charge on any atom is -0.488 e. The van der Waals surface area contributed by atoms with E-state index in [9.17, 15) is 13.6 Å². The van der Waals surface area contributed by atoms with Crippen molar-refractivity contribution in [1.82, 2.24) is 0 Å². The maximum absolute atomic E-state index is 13.0. The first-order valence-electron chi connectivity index (χ1n) is 5.73. The Hall–Kier alpha value is -2.63. The fourth-order valence-corrected chi connectivity index (χ4v) is 1.72. The molecule has 0 spiro atoms. The van der Waals surface area contributed by atoms with Gasteiger partial charge in [-0.1, -0.05) is 0 Å². The molecule has 2 aromatic carbocycles. The second-order valence-electron chi connectivity index (χ2n) is 4.19. The molecule has 0 saturated carbocycles. The number of anilines is 1. The van der Waals surface area contributed by atoms with Crippen LogP contribution in [0.4, 0.5) is 14.5 Å². The van der Waals surface area contributed by atoms with Crippen molar-refractivity contribution in [3.05, 3.63) is 59.2 Å². The Bertz CT molecular complexity index is 639. The Labute approximate surface area is 114 Å². The van der Waals surface area contributed by atoms with E-state index in [1.165, 1.54) is 18.2 Å². The largest absolute Gasteiger partial charge is 0.488 e. The number of primary amides is 1. The lowest BCUT2D eigenvalue weighted by Gasteiger charge is -2.10. The summed E-state index contributed by atoms with van der Waals surface area (Å²) in [5, 5.41) is 0. The van der Waals surface area contributed by atoms with Gasteiger partial charge in [0.15, 0.2) is 0 Å². The van der Waals surface area contributed by atoms with Gasteiger partial charge < -0.3 is 16.2 Å². The number of carbonyl (C=O) groups excluding carboxylic acids is 1. The molecular formula is C14H12F2N2O2. The molecule has 0 fully saturated rings. The van der Waals surface area contributed by atoms with E-state index >= 15 is 0 Å². The molecule has 0 aliphatic rings. The Kier molecular flexibility index (Phi) is 3.84. The van der Waals surface area contributed by atoms with Crippen molar-refractivity contribution < 1.29 is 18.3 Å². The average molecular weight is 278 g/mol. The van der Waals surface area contributed by atoms with E-state index in [4.69, 9.17) is 16.2 Å². The van der Waals surface area contributed by atoms with Gasteiger partial charge in [0.25, 0.3) is 5.91 Å². The molecule has 4 N–H and O–H groups in total. The number of halogens is 2. The van der Waals surface area contributed by atoms with Gasteiger partial charge in [-0.15, -0.1) is 0 Å². The standard InChI is InChI=1S/C14H12F2N2O2/c15-9-3-8(4-10(16)5-9)7-20-13-2-1-11(17)6-12(13)14(18)19/h1-6H,7,17H2,(H2,18,19). The summed E-state index contributed by atoms with van der Waals surface area (Å²) in [4.78, 5) is 11.3. The third-order valence-electron chi connectivity index (χ3n) is 2.59. The Morgan fingerprint density at radius 3 is 2.35 bits per heavy atom. The van der Waals surface area contributed by atoms with Gasteiger partial charge >= 0.3 is 0 Å². The smallest absolute Gasteiger partial charge is 0.252 e. The SMILES string of the molecule is NC(=O)c1cc(N)ccc1OCc1cc(F)cc(F)c1. The molecule has 0 radical (unpaired) electrons.